The number of methoxy groups -OCH3 is 2. The summed E-state index contributed by atoms with van der Waals surface area (Å²) in [5, 5.41) is 5.66. The monoisotopic (exact) mass is 423 g/mol. The molecule has 0 aromatic heterocycles. The second kappa shape index (κ2) is 8.06. The molecule has 4 aromatic rings. The number of hydrogen-bond acceptors (Lipinski definition) is 2. The van der Waals surface area contributed by atoms with Gasteiger partial charge in [0.05, 0.1) is 14.2 Å². The minimum absolute atomic E-state index is 0.874. The lowest BCUT2D eigenvalue weighted by Crippen LogP contribution is -2.15. The molecule has 0 fully saturated rings. The Hall–Kier alpha value is -3.35. The van der Waals surface area contributed by atoms with Crippen LogP contribution in [0.3, 0.4) is 0 Å². The Bertz CT molecular complexity index is 1110. The third-order valence-electron chi connectivity index (χ3n) is 5.86. The van der Waals surface area contributed by atoms with Crippen LogP contribution in [0.2, 0.25) is 0 Å². The van der Waals surface area contributed by atoms with E-state index in [9.17, 15) is 0 Å². The van der Waals surface area contributed by atoms with E-state index in [2.05, 4.69) is 109 Å². The van der Waals surface area contributed by atoms with Crippen LogP contribution in [-0.4, -0.2) is 14.2 Å². The van der Waals surface area contributed by atoms with Gasteiger partial charge in [-0.3, -0.25) is 0 Å². The number of ether oxygens (including phenoxy) is 2. The van der Waals surface area contributed by atoms with Crippen molar-refractivity contribution >= 4 is 28.5 Å². The van der Waals surface area contributed by atoms with Crippen molar-refractivity contribution in [3.63, 3.8) is 0 Å². The fraction of sp³-hybridized carbons (Fsp3) is 0.0714. The van der Waals surface area contributed by atoms with E-state index in [1.54, 1.807) is 14.2 Å². The van der Waals surface area contributed by atoms with Gasteiger partial charge >= 0.3 is 0 Å². The topological polar surface area (TPSA) is 18.5 Å². The van der Waals surface area contributed by atoms with Crippen molar-refractivity contribution in [1.29, 1.82) is 0 Å². The minimum atomic E-state index is -1.86. The zero-order valence-electron chi connectivity index (χ0n) is 17.7. The van der Waals surface area contributed by atoms with Crippen LogP contribution in [0.4, 0.5) is 0 Å². The molecular formula is C28H24O2P+. The number of benzene rings is 4. The van der Waals surface area contributed by atoms with Crippen molar-refractivity contribution in [3.05, 3.63) is 120 Å². The average molecular weight is 423 g/mol. The molecule has 0 saturated carbocycles. The van der Waals surface area contributed by atoms with Gasteiger partial charge in [-0.25, -0.2) is 0 Å². The summed E-state index contributed by atoms with van der Waals surface area (Å²) in [4.78, 5) is 0. The molecule has 1 aliphatic rings. The highest BCUT2D eigenvalue weighted by atomic mass is 31.2. The van der Waals surface area contributed by atoms with Gasteiger partial charge in [0.2, 0.25) is 0 Å². The summed E-state index contributed by atoms with van der Waals surface area (Å²) in [5.74, 6) is 1.75. The standard InChI is InChI=1S/C28H24O2P/c1-29-23-17-13-21(14-18-23)27-28(22-15-19-24(30-2)20-16-22)31(27,25-9-5-3-6-10-25)26-11-7-4-8-12-26/h3-20H,1-2H3/q+1. The molecule has 5 rings (SSSR count). The Morgan fingerprint density at radius 2 is 0.806 bits per heavy atom. The van der Waals surface area contributed by atoms with Crippen molar-refractivity contribution in [2.75, 3.05) is 14.2 Å². The van der Waals surface area contributed by atoms with Crippen molar-refractivity contribution in [2.45, 2.75) is 0 Å². The summed E-state index contributed by atoms with van der Waals surface area (Å²) in [6.07, 6.45) is 0. The van der Waals surface area contributed by atoms with Crippen LogP contribution in [0.1, 0.15) is 11.1 Å². The molecule has 0 saturated heterocycles. The third-order valence-corrected chi connectivity index (χ3v) is 10.1. The van der Waals surface area contributed by atoms with Crippen molar-refractivity contribution in [3.8, 4) is 11.5 Å². The van der Waals surface area contributed by atoms with Crippen molar-refractivity contribution in [1.82, 2.24) is 0 Å². The van der Waals surface area contributed by atoms with E-state index in [0.717, 1.165) is 11.5 Å². The Morgan fingerprint density at radius 3 is 1.13 bits per heavy atom. The summed E-state index contributed by atoms with van der Waals surface area (Å²) in [7, 11) is 1.56. The Kier molecular flexibility index (Phi) is 5.10. The second-order valence-corrected chi connectivity index (χ2v) is 10.8. The number of hydrogen-bond donors (Lipinski definition) is 0. The molecular weight excluding hydrogens is 399 g/mol. The first-order valence-electron chi connectivity index (χ1n) is 10.3. The molecule has 3 heteroatoms. The molecule has 1 aliphatic heterocycles. The summed E-state index contributed by atoms with van der Waals surface area (Å²) in [6.45, 7) is 0. The first-order chi connectivity index (χ1) is 15.3. The van der Waals surface area contributed by atoms with E-state index in [1.807, 2.05) is 0 Å². The Balaban J connectivity index is 1.75. The summed E-state index contributed by atoms with van der Waals surface area (Å²) in [6, 6.07) is 38.8. The fourth-order valence-corrected chi connectivity index (χ4v) is 9.06. The Morgan fingerprint density at radius 1 is 0.452 bits per heavy atom. The van der Waals surface area contributed by atoms with Gasteiger partial charge in [0.25, 0.3) is 0 Å². The van der Waals surface area contributed by atoms with Crippen LogP contribution in [0.25, 0.3) is 10.6 Å². The van der Waals surface area contributed by atoms with Gasteiger partial charge in [-0.2, -0.15) is 0 Å². The van der Waals surface area contributed by atoms with Crippen LogP contribution in [0, 0.1) is 0 Å². The highest BCUT2D eigenvalue weighted by molar-refractivity contribution is 8.14. The molecule has 0 spiro atoms. The van der Waals surface area contributed by atoms with Crippen LogP contribution >= 0.6 is 7.26 Å². The van der Waals surface area contributed by atoms with E-state index in [0.29, 0.717) is 0 Å². The lowest BCUT2D eigenvalue weighted by Gasteiger charge is -2.13. The predicted molar refractivity (Wildman–Crippen MR) is 132 cm³/mol. The Labute approximate surface area is 184 Å². The zero-order valence-corrected chi connectivity index (χ0v) is 18.6. The first kappa shape index (κ1) is 19.6. The van der Waals surface area contributed by atoms with Gasteiger partial charge in [-0.1, -0.05) is 36.4 Å². The molecule has 0 amide bonds. The zero-order chi connectivity index (χ0) is 21.3. The predicted octanol–water partition coefficient (Wildman–Crippen LogP) is 6.21. The molecule has 0 N–H and O–H groups in total. The lowest BCUT2D eigenvalue weighted by molar-refractivity contribution is 0.414. The van der Waals surface area contributed by atoms with Gasteiger partial charge in [-0.15, -0.1) is 0 Å². The first-order valence-corrected chi connectivity index (χ1v) is 12.1. The SMILES string of the molecule is COc1ccc(C2=C(c3ccc(OC)cc3)[P+]2(c2ccccc2)c2ccccc2)cc1. The molecule has 152 valence electrons. The molecule has 0 radical (unpaired) electrons. The third kappa shape index (κ3) is 3.24. The van der Waals surface area contributed by atoms with Gasteiger partial charge < -0.3 is 9.47 Å². The van der Waals surface area contributed by atoms with Gasteiger partial charge in [0.15, 0.2) is 17.9 Å². The summed E-state index contributed by atoms with van der Waals surface area (Å²) >= 11 is 0. The molecule has 0 aliphatic carbocycles. The van der Waals surface area contributed by atoms with Crippen LogP contribution in [0.15, 0.2) is 109 Å². The van der Waals surface area contributed by atoms with Crippen LogP contribution in [0.5, 0.6) is 11.5 Å². The van der Waals surface area contributed by atoms with E-state index in [4.69, 9.17) is 9.47 Å². The largest absolute Gasteiger partial charge is 0.497 e. The summed E-state index contributed by atoms with van der Waals surface area (Å²) in [5.41, 5.74) is 2.51. The molecule has 0 atom stereocenters. The van der Waals surface area contributed by atoms with E-state index >= 15 is 0 Å². The van der Waals surface area contributed by atoms with Gasteiger partial charge in [-0.05, 0) is 72.8 Å². The van der Waals surface area contributed by atoms with E-state index in [1.165, 1.54) is 32.4 Å². The van der Waals surface area contributed by atoms with Gasteiger partial charge in [0.1, 0.15) is 22.1 Å². The van der Waals surface area contributed by atoms with Crippen LogP contribution < -0.4 is 20.1 Å². The molecule has 0 bridgehead atoms. The lowest BCUT2D eigenvalue weighted by atomic mass is 10.1. The quantitative estimate of drug-likeness (QED) is 0.343. The normalized spacial score (nSPS) is 14.3. The molecule has 1 heterocycles. The van der Waals surface area contributed by atoms with Crippen LogP contribution in [-0.2, 0) is 0 Å². The van der Waals surface area contributed by atoms with Crippen molar-refractivity contribution < 1.29 is 9.47 Å². The minimum Gasteiger partial charge on any atom is -0.497 e. The molecule has 31 heavy (non-hydrogen) atoms. The maximum absolute atomic E-state index is 5.41. The molecule has 0 unspecified atom stereocenters. The fourth-order valence-electron chi connectivity index (χ4n) is 4.37. The highest BCUT2D eigenvalue weighted by Crippen LogP contribution is 2.91. The van der Waals surface area contributed by atoms with Crippen molar-refractivity contribution in [2.24, 2.45) is 0 Å². The average Bonchev–Trinajstić information content (AvgIpc) is 3.56. The molecule has 4 aromatic carbocycles. The maximum atomic E-state index is 5.41. The highest BCUT2D eigenvalue weighted by Gasteiger charge is 2.68. The van der Waals surface area contributed by atoms with E-state index in [-0.39, 0.29) is 0 Å². The second-order valence-electron chi connectivity index (χ2n) is 7.50. The molecule has 2 nitrogen and oxygen atoms in total. The summed E-state index contributed by atoms with van der Waals surface area (Å²) < 4.78 is 10.8. The van der Waals surface area contributed by atoms with Gasteiger partial charge in [0, 0.05) is 11.1 Å². The maximum Gasteiger partial charge on any atom is 0.161 e. The number of rotatable bonds is 6. The smallest absolute Gasteiger partial charge is 0.161 e. The van der Waals surface area contributed by atoms with E-state index < -0.39 is 7.26 Å².